The summed E-state index contributed by atoms with van der Waals surface area (Å²) in [5.74, 6) is 0.0298. The van der Waals surface area contributed by atoms with Crippen LogP contribution in [0.3, 0.4) is 0 Å². The Morgan fingerprint density at radius 1 is 1.06 bits per heavy atom. The molecule has 0 bridgehead atoms. The first-order chi connectivity index (χ1) is 17.4. The van der Waals surface area contributed by atoms with E-state index in [2.05, 4.69) is 40.3 Å². The molecule has 2 aliphatic rings. The molecule has 0 radical (unpaired) electrons. The van der Waals surface area contributed by atoms with Crippen molar-refractivity contribution >= 4 is 29.2 Å². The van der Waals surface area contributed by atoms with E-state index in [0.717, 1.165) is 17.1 Å². The molecule has 0 saturated heterocycles. The number of hydrogen-bond acceptors (Lipinski definition) is 8. The molecule has 2 aliphatic heterocycles. The zero-order valence-electron chi connectivity index (χ0n) is 20.1. The van der Waals surface area contributed by atoms with E-state index in [4.69, 9.17) is 4.74 Å². The minimum atomic E-state index is -0.845. The molecule has 36 heavy (non-hydrogen) atoms. The van der Waals surface area contributed by atoms with Crippen molar-refractivity contribution in [3.8, 4) is 18.2 Å². The number of nitriles is 3. The van der Waals surface area contributed by atoms with Gasteiger partial charge in [0.25, 0.3) is 0 Å². The van der Waals surface area contributed by atoms with Gasteiger partial charge in [-0.2, -0.15) is 26.0 Å². The molecule has 0 spiro atoms. The largest absolute Gasteiger partial charge is 0.480 e. The Morgan fingerprint density at radius 3 is 2.44 bits per heavy atom. The average Bonchev–Trinajstić information content (AvgIpc) is 3.37. The summed E-state index contributed by atoms with van der Waals surface area (Å²) in [6.07, 6.45) is 5.42. The number of fused-ring (bicyclic) bond motifs is 1. The number of nitrogens with zero attached hydrogens (tertiary/aromatic N) is 6. The van der Waals surface area contributed by atoms with Crippen LogP contribution in [0.2, 0.25) is 0 Å². The van der Waals surface area contributed by atoms with Gasteiger partial charge >= 0.3 is 0 Å². The van der Waals surface area contributed by atoms with Gasteiger partial charge in [-0.3, -0.25) is 0 Å². The third-order valence-corrected chi connectivity index (χ3v) is 6.79. The smallest absolute Gasteiger partial charge is 0.172 e. The van der Waals surface area contributed by atoms with Crippen molar-refractivity contribution in [1.29, 1.82) is 15.8 Å². The molecule has 4 rings (SSSR count). The van der Waals surface area contributed by atoms with Gasteiger partial charge in [0.2, 0.25) is 0 Å². The Hall–Kier alpha value is -4.58. The van der Waals surface area contributed by atoms with Crippen LogP contribution in [0.5, 0.6) is 0 Å². The standard InChI is InChI=1S/C28H22N6OS/c1-4-34-24-7-5-6-8-25(24)36-26(34)18-32-33-21-12-9-19(10-13-21)11-14-23-22(17-31)27(20(15-29)16-30)35-28(23,2)3/h5-14,18H,4H2,1-3H3/b14-11+,26-18-,33-32?. The molecule has 0 aliphatic carbocycles. The van der Waals surface area contributed by atoms with E-state index in [1.165, 1.54) is 10.6 Å². The summed E-state index contributed by atoms with van der Waals surface area (Å²) in [6, 6.07) is 21.5. The van der Waals surface area contributed by atoms with Gasteiger partial charge in [-0.25, -0.2) is 0 Å². The number of azo groups is 1. The molecule has 176 valence electrons. The number of allylic oxidation sites excluding steroid dienone is 2. The topological polar surface area (TPSA) is 109 Å². The minimum absolute atomic E-state index is 0.0298. The molecular weight excluding hydrogens is 468 g/mol. The number of anilines is 1. The molecular formula is C28H22N6OS. The Bertz CT molecular complexity index is 1460. The first kappa shape index (κ1) is 24.5. The lowest BCUT2D eigenvalue weighted by atomic mass is 9.94. The van der Waals surface area contributed by atoms with Crippen LogP contribution in [0, 0.1) is 34.0 Å². The van der Waals surface area contributed by atoms with Gasteiger partial charge in [0, 0.05) is 17.0 Å². The van der Waals surface area contributed by atoms with Crippen molar-refractivity contribution in [1.82, 2.24) is 0 Å². The molecule has 0 atom stereocenters. The lowest BCUT2D eigenvalue weighted by Crippen LogP contribution is -2.20. The van der Waals surface area contributed by atoms with Gasteiger partial charge in [0.15, 0.2) is 11.3 Å². The highest BCUT2D eigenvalue weighted by Gasteiger charge is 2.38. The Labute approximate surface area is 214 Å². The summed E-state index contributed by atoms with van der Waals surface area (Å²) in [6.45, 7) is 6.55. The van der Waals surface area contributed by atoms with Crippen molar-refractivity contribution in [3.63, 3.8) is 0 Å². The Morgan fingerprint density at radius 2 is 1.78 bits per heavy atom. The number of hydrogen-bond donors (Lipinski definition) is 0. The van der Waals surface area contributed by atoms with E-state index in [1.807, 2.05) is 42.5 Å². The maximum Gasteiger partial charge on any atom is 0.172 e. The summed E-state index contributed by atoms with van der Waals surface area (Å²) in [5, 5.41) is 37.7. The molecule has 0 N–H and O–H groups in total. The number of ether oxygens (including phenoxy) is 1. The molecule has 0 unspecified atom stereocenters. The molecule has 2 aromatic rings. The average molecular weight is 491 g/mol. The molecule has 0 aromatic heterocycles. The maximum atomic E-state index is 9.65. The lowest BCUT2D eigenvalue weighted by molar-refractivity contribution is 0.0954. The van der Waals surface area contributed by atoms with E-state index in [-0.39, 0.29) is 16.9 Å². The van der Waals surface area contributed by atoms with Crippen molar-refractivity contribution in [2.45, 2.75) is 31.3 Å². The molecule has 0 saturated carbocycles. The van der Waals surface area contributed by atoms with Crippen LogP contribution in [-0.4, -0.2) is 12.1 Å². The zero-order valence-corrected chi connectivity index (χ0v) is 20.9. The summed E-state index contributed by atoms with van der Waals surface area (Å²) in [5.41, 5.74) is 2.54. The van der Waals surface area contributed by atoms with Crippen molar-refractivity contribution < 1.29 is 4.74 Å². The highest BCUT2D eigenvalue weighted by molar-refractivity contribution is 8.03. The first-order valence-electron chi connectivity index (χ1n) is 11.2. The van der Waals surface area contributed by atoms with Crippen molar-refractivity contribution in [3.05, 3.63) is 93.9 Å². The molecule has 0 amide bonds. The number of benzene rings is 2. The van der Waals surface area contributed by atoms with Crippen molar-refractivity contribution in [2.75, 3.05) is 11.4 Å². The fraction of sp³-hybridized carbons (Fsp3) is 0.179. The van der Waals surface area contributed by atoms with E-state index >= 15 is 0 Å². The second kappa shape index (κ2) is 10.4. The summed E-state index contributed by atoms with van der Waals surface area (Å²) >= 11 is 1.68. The molecule has 2 aromatic carbocycles. The number of thioether (sulfide) groups is 1. The fourth-order valence-electron chi connectivity index (χ4n) is 3.93. The Kier molecular flexibility index (Phi) is 7.06. The predicted molar refractivity (Wildman–Crippen MR) is 139 cm³/mol. The highest BCUT2D eigenvalue weighted by Crippen LogP contribution is 2.45. The lowest BCUT2D eigenvalue weighted by Gasteiger charge is -2.20. The highest BCUT2D eigenvalue weighted by atomic mass is 32.2. The minimum Gasteiger partial charge on any atom is -0.480 e. The van der Waals surface area contributed by atoms with E-state index in [0.29, 0.717) is 11.3 Å². The van der Waals surface area contributed by atoms with E-state index < -0.39 is 5.60 Å². The molecule has 8 heteroatoms. The molecule has 0 fully saturated rings. The molecule has 2 heterocycles. The van der Waals surface area contributed by atoms with Crippen LogP contribution < -0.4 is 4.90 Å². The van der Waals surface area contributed by atoms with Crippen molar-refractivity contribution in [2.24, 2.45) is 10.2 Å². The van der Waals surface area contributed by atoms with E-state index in [9.17, 15) is 15.8 Å². The second-order valence-electron chi connectivity index (χ2n) is 8.36. The zero-order chi connectivity index (χ0) is 25.7. The van der Waals surface area contributed by atoms with Crippen LogP contribution in [0.4, 0.5) is 11.4 Å². The third-order valence-electron chi connectivity index (χ3n) is 5.69. The van der Waals surface area contributed by atoms with Gasteiger partial charge < -0.3 is 9.64 Å². The summed E-state index contributed by atoms with van der Waals surface area (Å²) < 4.78 is 5.79. The van der Waals surface area contributed by atoms with Crippen LogP contribution >= 0.6 is 11.8 Å². The van der Waals surface area contributed by atoms with Gasteiger partial charge in [0.05, 0.1) is 17.6 Å². The van der Waals surface area contributed by atoms with E-state index in [1.54, 1.807) is 50.0 Å². The van der Waals surface area contributed by atoms with Gasteiger partial charge in [-0.1, -0.05) is 48.2 Å². The van der Waals surface area contributed by atoms with Crippen LogP contribution in [0.25, 0.3) is 6.08 Å². The first-order valence-corrected chi connectivity index (χ1v) is 12.1. The molecule has 7 nitrogen and oxygen atoms in total. The normalized spacial score (nSPS) is 17.3. The van der Waals surface area contributed by atoms with Gasteiger partial charge in [0.1, 0.15) is 34.4 Å². The third kappa shape index (κ3) is 4.79. The second-order valence-corrected chi connectivity index (χ2v) is 9.42. The number of rotatable bonds is 5. The fourth-order valence-corrected chi connectivity index (χ4v) is 5.03. The Balaban J connectivity index is 1.51. The van der Waals surface area contributed by atoms with Crippen LogP contribution in [0.15, 0.2) is 103 Å². The monoisotopic (exact) mass is 490 g/mol. The predicted octanol–water partition coefficient (Wildman–Crippen LogP) is 7.14. The maximum absolute atomic E-state index is 9.65. The number of para-hydroxylation sites is 1. The van der Waals surface area contributed by atoms with Crippen LogP contribution in [0.1, 0.15) is 26.3 Å². The summed E-state index contributed by atoms with van der Waals surface area (Å²) in [4.78, 5) is 3.42. The van der Waals surface area contributed by atoms with Gasteiger partial charge in [-0.15, -0.1) is 0 Å². The summed E-state index contributed by atoms with van der Waals surface area (Å²) in [7, 11) is 0. The van der Waals surface area contributed by atoms with Crippen LogP contribution in [-0.2, 0) is 4.74 Å². The van der Waals surface area contributed by atoms with Gasteiger partial charge in [-0.05, 0) is 50.6 Å². The quantitative estimate of drug-likeness (QED) is 0.325. The SMILES string of the molecule is CCN1/C(=C/N=Nc2ccc(/C=C/C3=C(C#N)C(=C(C#N)C#N)OC3(C)C)cc2)Sc2ccccc21.